The van der Waals surface area contributed by atoms with Crippen molar-refractivity contribution < 1.29 is 19.0 Å². The molecule has 0 bridgehead atoms. The van der Waals surface area contributed by atoms with Gasteiger partial charge < -0.3 is 14.2 Å². The number of hydrogen-bond acceptors (Lipinski definition) is 7. The van der Waals surface area contributed by atoms with Crippen molar-refractivity contribution in [2.75, 3.05) is 6.61 Å². The molecule has 8 heteroatoms. The summed E-state index contributed by atoms with van der Waals surface area (Å²) in [5, 5.41) is 2.32. The number of rotatable bonds is 9. The van der Waals surface area contributed by atoms with Gasteiger partial charge in [-0.3, -0.25) is 9.36 Å². The van der Waals surface area contributed by atoms with Crippen molar-refractivity contribution in [1.29, 1.82) is 0 Å². The average Bonchev–Trinajstić information content (AvgIpc) is 3.33. The van der Waals surface area contributed by atoms with Gasteiger partial charge in [0.05, 0.1) is 28.5 Å². The van der Waals surface area contributed by atoms with Gasteiger partial charge in [0, 0.05) is 5.56 Å². The smallest absolute Gasteiger partial charge is 0.338 e. The van der Waals surface area contributed by atoms with E-state index < -0.39 is 12.0 Å². The third-order valence-electron chi connectivity index (χ3n) is 7.52. The van der Waals surface area contributed by atoms with Gasteiger partial charge >= 0.3 is 5.97 Å². The molecule has 0 amide bonds. The van der Waals surface area contributed by atoms with E-state index in [1.165, 1.54) is 16.7 Å². The van der Waals surface area contributed by atoms with Gasteiger partial charge in [-0.05, 0) is 73.9 Å². The number of benzene rings is 4. The fraction of sp³-hybridized carbons (Fsp3) is 0.216. The number of para-hydroxylation sites is 1. The Kier molecular flexibility index (Phi) is 8.67. The minimum atomic E-state index is -0.757. The lowest BCUT2D eigenvalue weighted by atomic mass is 9.95. The molecule has 0 spiro atoms. The molecule has 228 valence electrons. The van der Waals surface area contributed by atoms with Crippen molar-refractivity contribution in [3.05, 3.63) is 139 Å². The maximum Gasteiger partial charge on any atom is 0.338 e. The Labute approximate surface area is 265 Å². The summed E-state index contributed by atoms with van der Waals surface area (Å²) in [5.41, 5.74) is 3.19. The average molecular weight is 619 g/mol. The first kappa shape index (κ1) is 30.1. The van der Waals surface area contributed by atoms with E-state index >= 15 is 0 Å². The minimum Gasteiger partial charge on any atom is -0.491 e. The largest absolute Gasteiger partial charge is 0.491 e. The van der Waals surface area contributed by atoms with E-state index in [4.69, 9.17) is 19.2 Å². The normalized spacial score (nSPS) is 14.8. The monoisotopic (exact) mass is 618 g/mol. The van der Waals surface area contributed by atoms with Gasteiger partial charge in [-0.15, -0.1) is 0 Å². The van der Waals surface area contributed by atoms with E-state index in [1.54, 1.807) is 18.4 Å². The SMILES string of the molecule is CCOC(=O)C1=C(C)N=c2s/c(=C\c3cccc(OCc4cccc5ccccc45)c3)c(=O)n2[C@H]1c1ccccc1OC(C)C. The number of thiazole rings is 1. The Morgan fingerprint density at radius 1 is 1.00 bits per heavy atom. The topological polar surface area (TPSA) is 79.1 Å². The number of nitrogens with zero attached hydrogens (tertiary/aromatic N) is 2. The number of carbonyl (C=O) groups is 1. The molecule has 1 atom stereocenters. The van der Waals surface area contributed by atoms with Crippen LogP contribution < -0.4 is 24.4 Å². The summed E-state index contributed by atoms with van der Waals surface area (Å²) in [7, 11) is 0. The summed E-state index contributed by atoms with van der Waals surface area (Å²) in [6.07, 6.45) is 1.74. The van der Waals surface area contributed by atoms with E-state index in [2.05, 4.69) is 24.3 Å². The van der Waals surface area contributed by atoms with Gasteiger partial charge in [0.25, 0.3) is 5.56 Å². The van der Waals surface area contributed by atoms with Gasteiger partial charge in [-0.2, -0.15) is 0 Å². The predicted octanol–water partition coefficient (Wildman–Crippen LogP) is 6.32. The van der Waals surface area contributed by atoms with E-state index in [0.29, 0.717) is 44.3 Å². The van der Waals surface area contributed by atoms with Crippen LogP contribution in [0, 0.1) is 0 Å². The molecule has 5 aromatic rings. The summed E-state index contributed by atoms with van der Waals surface area (Å²) in [6, 6.07) is 28.8. The number of aromatic nitrogens is 1. The lowest BCUT2D eigenvalue weighted by Gasteiger charge is -2.26. The van der Waals surface area contributed by atoms with Crippen LogP contribution in [0.2, 0.25) is 0 Å². The second-order valence-corrected chi connectivity index (χ2v) is 12.0. The molecule has 6 rings (SSSR count). The molecule has 7 nitrogen and oxygen atoms in total. The highest BCUT2D eigenvalue weighted by atomic mass is 32.1. The summed E-state index contributed by atoms with van der Waals surface area (Å²) >= 11 is 1.28. The lowest BCUT2D eigenvalue weighted by molar-refractivity contribution is -0.139. The molecule has 0 radical (unpaired) electrons. The number of fused-ring (bicyclic) bond motifs is 2. The highest BCUT2D eigenvalue weighted by Gasteiger charge is 2.35. The van der Waals surface area contributed by atoms with Crippen molar-refractivity contribution in [2.45, 2.75) is 46.4 Å². The summed E-state index contributed by atoms with van der Waals surface area (Å²) < 4.78 is 19.8. The van der Waals surface area contributed by atoms with E-state index in [1.807, 2.05) is 86.7 Å². The second kappa shape index (κ2) is 13.0. The fourth-order valence-corrected chi connectivity index (χ4v) is 6.62. The van der Waals surface area contributed by atoms with Crippen LogP contribution in [0.5, 0.6) is 11.5 Å². The number of esters is 1. The zero-order valence-corrected chi connectivity index (χ0v) is 26.5. The summed E-state index contributed by atoms with van der Waals surface area (Å²) in [6.45, 7) is 8.04. The van der Waals surface area contributed by atoms with Gasteiger partial charge in [-0.25, -0.2) is 9.79 Å². The highest BCUT2D eigenvalue weighted by Crippen LogP contribution is 2.36. The van der Waals surface area contributed by atoms with Crippen LogP contribution in [0.3, 0.4) is 0 Å². The Balaban J connectivity index is 1.39. The van der Waals surface area contributed by atoms with E-state index in [0.717, 1.165) is 16.5 Å². The highest BCUT2D eigenvalue weighted by molar-refractivity contribution is 7.07. The minimum absolute atomic E-state index is 0.104. The first-order valence-corrected chi connectivity index (χ1v) is 15.8. The zero-order valence-electron chi connectivity index (χ0n) is 25.7. The van der Waals surface area contributed by atoms with Gasteiger partial charge in [0.15, 0.2) is 4.80 Å². The standard InChI is InChI=1S/C37H34N2O5S/c1-5-42-36(41)33-24(4)38-37-39(34(33)30-18-8-9-19-31(30)44-23(2)3)35(40)32(45-37)21-25-12-10-16-28(20-25)43-22-27-15-11-14-26-13-6-7-17-29(26)27/h6-21,23,34H,5,22H2,1-4H3/b32-21-/t34-/m0/s1. The van der Waals surface area contributed by atoms with Crippen LogP contribution in [-0.4, -0.2) is 23.2 Å². The Hall–Kier alpha value is -4.95. The lowest BCUT2D eigenvalue weighted by Crippen LogP contribution is -2.40. The first-order chi connectivity index (χ1) is 21.8. The summed E-state index contributed by atoms with van der Waals surface area (Å²) in [4.78, 5) is 32.6. The maximum absolute atomic E-state index is 14.1. The van der Waals surface area contributed by atoms with Crippen molar-refractivity contribution in [3.8, 4) is 11.5 Å². The molecular weight excluding hydrogens is 584 g/mol. The number of carbonyl (C=O) groups excluding carboxylic acids is 1. The van der Waals surface area contributed by atoms with Crippen LogP contribution in [0.4, 0.5) is 0 Å². The molecule has 1 aromatic heterocycles. The molecule has 4 aromatic carbocycles. The van der Waals surface area contributed by atoms with Crippen LogP contribution in [0.25, 0.3) is 16.8 Å². The third-order valence-corrected chi connectivity index (χ3v) is 8.51. The second-order valence-electron chi connectivity index (χ2n) is 11.0. The number of ether oxygens (including phenoxy) is 3. The fourth-order valence-electron chi connectivity index (χ4n) is 5.58. The maximum atomic E-state index is 14.1. The van der Waals surface area contributed by atoms with E-state index in [9.17, 15) is 9.59 Å². The van der Waals surface area contributed by atoms with E-state index in [-0.39, 0.29) is 18.3 Å². The molecule has 0 unspecified atom stereocenters. The Morgan fingerprint density at radius 2 is 1.76 bits per heavy atom. The molecule has 45 heavy (non-hydrogen) atoms. The molecule has 0 fully saturated rings. The van der Waals surface area contributed by atoms with Crippen LogP contribution >= 0.6 is 11.3 Å². The molecule has 1 aliphatic rings. The van der Waals surface area contributed by atoms with Crippen LogP contribution in [0.1, 0.15) is 50.4 Å². The molecule has 1 aliphatic heterocycles. The first-order valence-electron chi connectivity index (χ1n) is 15.0. The summed E-state index contributed by atoms with van der Waals surface area (Å²) in [5.74, 6) is 0.788. The quantitative estimate of drug-likeness (QED) is 0.181. The van der Waals surface area contributed by atoms with Crippen molar-refractivity contribution in [3.63, 3.8) is 0 Å². The predicted molar refractivity (Wildman–Crippen MR) is 177 cm³/mol. The van der Waals surface area contributed by atoms with Gasteiger partial charge in [0.1, 0.15) is 24.1 Å². The molecule has 0 saturated heterocycles. The number of hydrogen-bond donors (Lipinski definition) is 0. The van der Waals surface area contributed by atoms with Crippen molar-refractivity contribution in [2.24, 2.45) is 4.99 Å². The number of allylic oxidation sites excluding steroid dienone is 1. The zero-order chi connectivity index (χ0) is 31.5. The molecule has 0 N–H and O–H groups in total. The third kappa shape index (κ3) is 6.19. The van der Waals surface area contributed by atoms with Gasteiger partial charge in [-0.1, -0.05) is 84.1 Å². The Morgan fingerprint density at radius 3 is 2.58 bits per heavy atom. The molecule has 0 aliphatic carbocycles. The van der Waals surface area contributed by atoms with Crippen molar-refractivity contribution in [1.82, 2.24) is 4.57 Å². The van der Waals surface area contributed by atoms with Crippen molar-refractivity contribution >= 4 is 34.2 Å². The molecular formula is C37H34N2O5S. The molecule has 0 saturated carbocycles. The Bertz CT molecular complexity index is 2100. The van der Waals surface area contributed by atoms with Crippen LogP contribution in [-0.2, 0) is 16.1 Å². The molecule has 2 heterocycles. The van der Waals surface area contributed by atoms with Gasteiger partial charge in [0.2, 0.25) is 0 Å². The van der Waals surface area contributed by atoms with Crippen LogP contribution in [0.15, 0.2) is 112 Å².